The molecule has 39 heavy (non-hydrogen) atoms. The average Bonchev–Trinajstić information content (AvgIpc) is 3.33. The number of anilines is 3. The van der Waals surface area contributed by atoms with Crippen LogP contribution in [0.5, 0.6) is 0 Å². The second kappa shape index (κ2) is 10.1. The highest BCUT2D eigenvalue weighted by Gasteiger charge is 2.22. The Morgan fingerprint density at radius 1 is 1.03 bits per heavy atom. The number of benzene rings is 2. The fourth-order valence-electron chi connectivity index (χ4n) is 5.08. The van der Waals surface area contributed by atoms with Gasteiger partial charge in [0.2, 0.25) is 5.95 Å². The van der Waals surface area contributed by atoms with E-state index in [1.165, 1.54) is 5.69 Å². The smallest absolute Gasteiger partial charge is 0.274 e. The first-order chi connectivity index (χ1) is 18.8. The highest BCUT2D eigenvalue weighted by molar-refractivity contribution is 6.39. The van der Waals surface area contributed by atoms with Gasteiger partial charge < -0.3 is 15.1 Å². The van der Waals surface area contributed by atoms with Crippen LogP contribution in [0.4, 0.5) is 17.3 Å². The number of H-pyrrole nitrogens is 1. The van der Waals surface area contributed by atoms with Crippen LogP contribution in [-0.4, -0.2) is 62.7 Å². The van der Waals surface area contributed by atoms with Crippen LogP contribution in [-0.2, 0) is 6.42 Å². The van der Waals surface area contributed by atoms with Crippen LogP contribution in [0.2, 0.25) is 10.0 Å². The van der Waals surface area contributed by atoms with E-state index in [-0.39, 0.29) is 10.9 Å². The molecule has 5 aromatic rings. The van der Waals surface area contributed by atoms with Crippen molar-refractivity contribution in [2.24, 2.45) is 0 Å². The molecule has 0 unspecified atom stereocenters. The molecule has 0 aliphatic carbocycles. The molecule has 0 spiro atoms. The molecule has 1 fully saturated rings. The van der Waals surface area contributed by atoms with Crippen LogP contribution in [0.1, 0.15) is 18.2 Å². The number of nitrogens with one attached hydrogen (secondary N) is 2. The molecule has 2 aromatic carbocycles. The third-order valence-electron chi connectivity index (χ3n) is 7.18. The zero-order valence-electron chi connectivity index (χ0n) is 21.9. The number of hydrogen-bond acceptors (Lipinski definition) is 7. The molecule has 0 atom stereocenters. The minimum Gasteiger partial charge on any atom is -0.369 e. The van der Waals surface area contributed by atoms with E-state index in [1.54, 1.807) is 28.9 Å². The Hall–Kier alpha value is -3.66. The summed E-state index contributed by atoms with van der Waals surface area (Å²) in [4.78, 5) is 32.3. The number of piperazine rings is 1. The van der Waals surface area contributed by atoms with E-state index in [9.17, 15) is 4.79 Å². The van der Waals surface area contributed by atoms with Crippen LogP contribution in [0.3, 0.4) is 0 Å². The van der Waals surface area contributed by atoms with Crippen LogP contribution < -0.4 is 15.8 Å². The minimum absolute atomic E-state index is 0.276. The third kappa shape index (κ3) is 4.71. The Kier molecular flexibility index (Phi) is 6.66. The number of fused-ring (bicyclic) bond motifs is 3. The van der Waals surface area contributed by atoms with Crippen molar-refractivity contribution in [3.63, 3.8) is 0 Å². The zero-order chi connectivity index (χ0) is 27.3. The fraction of sp³-hybridized carbons (Fsp3) is 0.286. The Labute approximate surface area is 235 Å². The van der Waals surface area contributed by atoms with Crippen molar-refractivity contribution in [3.05, 3.63) is 74.3 Å². The molecule has 9 nitrogen and oxygen atoms in total. The van der Waals surface area contributed by atoms with Crippen molar-refractivity contribution >= 4 is 57.1 Å². The monoisotopic (exact) mass is 562 g/mol. The van der Waals surface area contributed by atoms with E-state index < -0.39 is 0 Å². The van der Waals surface area contributed by atoms with Crippen molar-refractivity contribution in [2.45, 2.75) is 20.3 Å². The maximum absolute atomic E-state index is 13.3. The molecule has 6 rings (SSSR count). The van der Waals surface area contributed by atoms with Gasteiger partial charge in [-0.25, -0.2) is 19.5 Å². The molecule has 200 valence electrons. The van der Waals surface area contributed by atoms with Crippen molar-refractivity contribution in [3.8, 4) is 11.3 Å². The number of imidazole rings is 1. The maximum Gasteiger partial charge on any atom is 0.274 e. The van der Waals surface area contributed by atoms with E-state index >= 15 is 0 Å². The highest BCUT2D eigenvalue weighted by Crippen LogP contribution is 2.37. The number of likely N-dealkylation sites (N-methyl/N-ethyl adjacent to an activating group) is 1. The van der Waals surface area contributed by atoms with Gasteiger partial charge in [0.15, 0.2) is 5.65 Å². The summed E-state index contributed by atoms with van der Waals surface area (Å²) in [5.41, 5.74) is 5.42. The molecular formula is C28H28Cl2N8O. The molecule has 2 N–H and O–H groups in total. The first kappa shape index (κ1) is 25.6. The normalized spacial score (nSPS) is 14.4. The van der Waals surface area contributed by atoms with E-state index in [1.807, 2.05) is 13.0 Å². The predicted molar refractivity (Wildman–Crippen MR) is 158 cm³/mol. The van der Waals surface area contributed by atoms with E-state index in [0.29, 0.717) is 44.8 Å². The number of hydrogen-bond donors (Lipinski definition) is 2. The number of nitrogens with zero attached hydrogens (tertiary/aromatic N) is 6. The van der Waals surface area contributed by atoms with E-state index in [0.717, 1.165) is 43.1 Å². The number of aryl methyl sites for hydroxylation is 2. The molecule has 11 heteroatoms. The molecule has 4 heterocycles. The first-order valence-electron chi connectivity index (χ1n) is 12.9. The molecule has 3 aromatic heterocycles. The number of aromatic nitrogens is 5. The minimum atomic E-state index is -0.359. The fourth-order valence-corrected chi connectivity index (χ4v) is 5.66. The van der Waals surface area contributed by atoms with Crippen molar-refractivity contribution < 1.29 is 0 Å². The highest BCUT2D eigenvalue weighted by atomic mass is 35.5. The lowest BCUT2D eigenvalue weighted by atomic mass is 10.1. The molecule has 0 amide bonds. The van der Waals surface area contributed by atoms with Gasteiger partial charge in [-0.05, 0) is 56.3 Å². The second-order valence-electron chi connectivity index (χ2n) is 9.85. The van der Waals surface area contributed by atoms with Gasteiger partial charge in [-0.15, -0.1) is 0 Å². The number of aromatic amines is 1. The molecule has 1 saturated heterocycles. The molecule has 0 bridgehead atoms. The number of rotatable bonds is 5. The van der Waals surface area contributed by atoms with Gasteiger partial charge in [-0.2, -0.15) is 0 Å². The van der Waals surface area contributed by atoms with Crippen molar-refractivity contribution in [2.75, 3.05) is 43.4 Å². The summed E-state index contributed by atoms with van der Waals surface area (Å²) < 4.78 is 1.60. The molecule has 0 saturated carbocycles. The van der Waals surface area contributed by atoms with Crippen molar-refractivity contribution in [1.29, 1.82) is 0 Å². The summed E-state index contributed by atoms with van der Waals surface area (Å²) in [5.74, 6) is 0.314. The van der Waals surface area contributed by atoms with Crippen LogP contribution in [0.25, 0.3) is 27.8 Å². The maximum atomic E-state index is 13.3. The summed E-state index contributed by atoms with van der Waals surface area (Å²) in [6, 6.07) is 11.4. The largest absolute Gasteiger partial charge is 0.369 e. The first-order valence-corrected chi connectivity index (χ1v) is 13.7. The summed E-state index contributed by atoms with van der Waals surface area (Å²) in [6.45, 7) is 8.18. The van der Waals surface area contributed by atoms with Gasteiger partial charge >= 0.3 is 0 Å². The second-order valence-corrected chi connectivity index (χ2v) is 10.7. The summed E-state index contributed by atoms with van der Waals surface area (Å²) in [7, 11) is 2.15. The van der Waals surface area contributed by atoms with E-state index in [4.69, 9.17) is 38.2 Å². The SMILES string of the molecule is CCc1cn2[nH]c(=O)c3c(-c4c(Cl)cccc4Cl)nc(Nc4ccc(N5CCN(C)CC5)c(C)c4)nc3c2n1. The van der Waals surface area contributed by atoms with Crippen LogP contribution in [0, 0.1) is 6.92 Å². The molecule has 1 aliphatic heterocycles. The lowest BCUT2D eigenvalue weighted by Crippen LogP contribution is -2.44. The zero-order valence-corrected chi connectivity index (χ0v) is 23.4. The standard InChI is InChI=1S/C28H28Cl2N8O/c1-4-17-15-38-26(31-17)25-23(27(39)35-38)24(22-19(29)6-5-7-20(22)30)33-28(34-25)32-18-8-9-21(16(2)14-18)37-12-10-36(3)11-13-37/h5-9,14-15H,4,10-13H2,1-3H3,(H,35,39)(H,32,33,34). The molecule has 1 aliphatic rings. The Morgan fingerprint density at radius 3 is 2.46 bits per heavy atom. The van der Waals surface area contributed by atoms with Crippen LogP contribution >= 0.6 is 23.2 Å². The lowest BCUT2D eigenvalue weighted by Gasteiger charge is -2.35. The van der Waals surface area contributed by atoms with Gasteiger partial charge in [0.1, 0.15) is 5.52 Å². The topological polar surface area (TPSA) is 94.4 Å². The van der Waals surface area contributed by atoms with Crippen LogP contribution in [0.15, 0.2) is 47.4 Å². The molecular weight excluding hydrogens is 535 g/mol. The summed E-state index contributed by atoms with van der Waals surface area (Å²) in [6.07, 6.45) is 2.51. The van der Waals surface area contributed by atoms with Gasteiger partial charge in [0, 0.05) is 43.1 Å². The predicted octanol–water partition coefficient (Wildman–Crippen LogP) is 5.31. The average molecular weight is 563 g/mol. The quantitative estimate of drug-likeness (QED) is 0.300. The Bertz CT molecular complexity index is 1750. The third-order valence-corrected chi connectivity index (χ3v) is 7.81. The summed E-state index contributed by atoms with van der Waals surface area (Å²) >= 11 is 13.2. The van der Waals surface area contributed by atoms with E-state index in [2.05, 4.69) is 46.3 Å². The van der Waals surface area contributed by atoms with Gasteiger partial charge in [0.25, 0.3) is 5.56 Å². The van der Waals surface area contributed by atoms with Crippen molar-refractivity contribution in [1.82, 2.24) is 29.5 Å². The lowest BCUT2D eigenvalue weighted by molar-refractivity contribution is 0.312. The number of halogens is 2. The van der Waals surface area contributed by atoms with Gasteiger partial charge in [-0.1, -0.05) is 36.2 Å². The van der Waals surface area contributed by atoms with Gasteiger partial charge in [0.05, 0.1) is 33.0 Å². The summed E-state index contributed by atoms with van der Waals surface area (Å²) in [5, 5.41) is 7.25. The Balaban J connectivity index is 1.49. The van der Waals surface area contributed by atoms with Gasteiger partial charge in [-0.3, -0.25) is 9.89 Å². The molecule has 0 radical (unpaired) electrons. The Morgan fingerprint density at radius 2 is 1.77 bits per heavy atom.